The Hall–Kier alpha value is -2.60. The molecule has 1 aromatic heterocycles. The lowest BCUT2D eigenvalue weighted by Crippen LogP contribution is -2.27. The van der Waals surface area contributed by atoms with E-state index in [-0.39, 0.29) is 5.91 Å². The van der Waals surface area contributed by atoms with E-state index >= 15 is 0 Å². The molecule has 6 nitrogen and oxygen atoms in total. The lowest BCUT2D eigenvalue weighted by molar-refractivity contribution is 0.0785. The van der Waals surface area contributed by atoms with Gasteiger partial charge in [0.25, 0.3) is 5.91 Å². The van der Waals surface area contributed by atoms with E-state index in [0.717, 1.165) is 11.3 Å². The SMILES string of the molecule is COc1cccc(CN(C)C(=O)c2cnccc2NN)c1. The molecule has 2 aromatic rings. The molecule has 0 bridgehead atoms. The van der Waals surface area contributed by atoms with Gasteiger partial charge in [-0.1, -0.05) is 12.1 Å². The van der Waals surface area contributed by atoms with Crippen LogP contribution in [-0.4, -0.2) is 29.9 Å². The van der Waals surface area contributed by atoms with E-state index in [4.69, 9.17) is 10.6 Å². The van der Waals surface area contributed by atoms with E-state index in [9.17, 15) is 4.79 Å². The van der Waals surface area contributed by atoms with E-state index in [1.165, 1.54) is 6.20 Å². The van der Waals surface area contributed by atoms with Crippen molar-refractivity contribution in [3.05, 3.63) is 53.9 Å². The summed E-state index contributed by atoms with van der Waals surface area (Å²) in [5.41, 5.74) is 4.47. The average molecular weight is 286 g/mol. The molecule has 110 valence electrons. The topological polar surface area (TPSA) is 80.5 Å². The van der Waals surface area contributed by atoms with Crippen LogP contribution >= 0.6 is 0 Å². The van der Waals surface area contributed by atoms with Gasteiger partial charge in [0.1, 0.15) is 5.75 Å². The van der Waals surface area contributed by atoms with Crippen LogP contribution < -0.4 is 16.0 Å². The number of methoxy groups -OCH3 is 1. The third-order valence-electron chi connectivity index (χ3n) is 3.11. The van der Waals surface area contributed by atoms with Crippen molar-refractivity contribution in [3.63, 3.8) is 0 Å². The van der Waals surface area contributed by atoms with Crippen LogP contribution in [0.5, 0.6) is 5.75 Å². The van der Waals surface area contributed by atoms with Crippen molar-refractivity contribution in [2.45, 2.75) is 6.54 Å². The van der Waals surface area contributed by atoms with Gasteiger partial charge in [0.2, 0.25) is 0 Å². The lowest BCUT2D eigenvalue weighted by Gasteiger charge is -2.19. The Bertz CT molecular complexity index is 631. The number of nitrogens with two attached hydrogens (primary N) is 1. The number of pyridine rings is 1. The monoisotopic (exact) mass is 286 g/mol. The molecule has 0 unspecified atom stereocenters. The van der Waals surface area contributed by atoms with E-state index < -0.39 is 0 Å². The number of benzene rings is 1. The van der Waals surface area contributed by atoms with Crippen LogP contribution in [0.2, 0.25) is 0 Å². The first-order chi connectivity index (χ1) is 10.2. The van der Waals surface area contributed by atoms with Gasteiger partial charge in [0, 0.05) is 26.0 Å². The van der Waals surface area contributed by atoms with Crippen LogP contribution in [0.3, 0.4) is 0 Å². The number of hydrogen-bond donors (Lipinski definition) is 2. The van der Waals surface area contributed by atoms with Crippen molar-refractivity contribution in [2.75, 3.05) is 19.6 Å². The van der Waals surface area contributed by atoms with Gasteiger partial charge in [-0.05, 0) is 23.8 Å². The maximum absolute atomic E-state index is 12.4. The van der Waals surface area contributed by atoms with Crippen LogP contribution in [0.15, 0.2) is 42.7 Å². The first-order valence-electron chi connectivity index (χ1n) is 6.44. The zero-order valence-electron chi connectivity index (χ0n) is 12.0. The molecule has 6 heteroatoms. The second kappa shape index (κ2) is 6.71. The Labute approximate surface area is 123 Å². The second-order valence-corrected chi connectivity index (χ2v) is 4.58. The molecule has 0 aliphatic heterocycles. The molecular formula is C15H18N4O2. The highest BCUT2D eigenvalue weighted by atomic mass is 16.5. The number of nitrogens with zero attached hydrogens (tertiary/aromatic N) is 2. The first-order valence-corrected chi connectivity index (χ1v) is 6.44. The highest BCUT2D eigenvalue weighted by Gasteiger charge is 2.16. The second-order valence-electron chi connectivity index (χ2n) is 4.58. The zero-order chi connectivity index (χ0) is 15.2. The van der Waals surface area contributed by atoms with Gasteiger partial charge in [0.05, 0.1) is 18.4 Å². The third-order valence-corrected chi connectivity index (χ3v) is 3.11. The van der Waals surface area contributed by atoms with Gasteiger partial charge < -0.3 is 15.1 Å². The number of carbonyl (C=O) groups is 1. The normalized spacial score (nSPS) is 10.0. The fraction of sp³-hybridized carbons (Fsp3) is 0.200. The molecule has 0 atom stereocenters. The lowest BCUT2D eigenvalue weighted by atomic mass is 10.1. The summed E-state index contributed by atoms with van der Waals surface area (Å²) in [6.07, 6.45) is 3.08. The summed E-state index contributed by atoms with van der Waals surface area (Å²) in [5.74, 6) is 6.02. The predicted molar refractivity (Wildman–Crippen MR) is 80.8 cm³/mol. The highest BCUT2D eigenvalue weighted by molar-refractivity contribution is 5.99. The zero-order valence-corrected chi connectivity index (χ0v) is 12.0. The molecule has 0 aliphatic carbocycles. The van der Waals surface area contributed by atoms with Gasteiger partial charge in [-0.2, -0.15) is 0 Å². The van der Waals surface area contributed by atoms with Crippen LogP contribution in [0.25, 0.3) is 0 Å². The molecule has 1 heterocycles. The third kappa shape index (κ3) is 3.49. The number of amides is 1. The number of aromatic nitrogens is 1. The van der Waals surface area contributed by atoms with Crippen molar-refractivity contribution < 1.29 is 9.53 Å². The Morgan fingerprint density at radius 3 is 2.95 bits per heavy atom. The molecular weight excluding hydrogens is 268 g/mol. The highest BCUT2D eigenvalue weighted by Crippen LogP contribution is 2.17. The van der Waals surface area contributed by atoms with Crippen LogP contribution in [0, 0.1) is 0 Å². The molecule has 0 saturated heterocycles. The summed E-state index contributed by atoms with van der Waals surface area (Å²) >= 11 is 0. The smallest absolute Gasteiger partial charge is 0.257 e. The van der Waals surface area contributed by atoms with Crippen molar-refractivity contribution in [1.29, 1.82) is 0 Å². The van der Waals surface area contributed by atoms with Crippen molar-refractivity contribution in [1.82, 2.24) is 9.88 Å². The van der Waals surface area contributed by atoms with E-state index in [2.05, 4.69) is 10.4 Å². The quantitative estimate of drug-likeness (QED) is 0.645. The van der Waals surface area contributed by atoms with Gasteiger partial charge >= 0.3 is 0 Å². The Morgan fingerprint density at radius 2 is 2.24 bits per heavy atom. The Balaban J connectivity index is 2.15. The molecule has 21 heavy (non-hydrogen) atoms. The Kier molecular flexibility index (Phi) is 4.73. The van der Waals surface area contributed by atoms with Gasteiger partial charge in [0.15, 0.2) is 0 Å². The summed E-state index contributed by atoms with van der Waals surface area (Å²) in [5, 5.41) is 0. The van der Waals surface area contributed by atoms with Crippen molar-refractivity contribution in [3.8, 4) is 5.75 Å². The number of ether oxygens (including phenoxy) is 1. The summed E-state index contributed by atoms with van der Waals surface area (Å²) in [6, 6.07) is 9.26. The molecule has 0 saturated carbocycles. The number of nitrogens with one attached hydrogen (secondary N) is 1. The van der Waals surface area contributed by atoms with Gasteiger partial charge in [-0.3, -0.25) is 15.6 Å². The molecule has 0 radical (unpaired) electrons. The van der Waals surface area contributed by atoms with Gasteiger partial charge in [-0.25, -0.2) is 0 Å². The number of carbonyl (C=O) groups excluding carboxylic acids is 1. The van der Waals surface area contributed by atoms with E-state index in [1.807, 2.05) is 24.3 Å². The molecule has 1 amide bonds. The minimum Gasteiger partial charge on any atom is -0.497 e. The Morgan fingerprint density at radius 1 is 1.43 bits per heavy atom. The number of hydrazine groups is 1. The average Bonchev–Trinajstić information content (AvgIpc) is 2.54. The maximum Gasteiger partial charge on any atom is 0.257 e. The maximum atomic E-state index is 12.4. The fourth-order valence-corrected chi connectivity index (χ4v) is 2.01. The largest absolute Gasteiger partial charge is 0.497 e. The van der Waals surface area contributed by atoms with Crippen LogP contribution in [0.4, 0.5) is 5.69 Å². The minimum atomic E-state index is -0.154. The van der Waals surface area contributed by atoms with Gasteiger partial charge in [-0.15, -0.1) is 0 Å². The summed E-state index contributed by atoms with van der Waals surface area (Å²) in [6.45, 7) is 0.467. The first kappa shape index (κ1) is 14.8. The number of anilines is 1. The molecule has 0 spiro atoms. The number of nitrogen functional groups attached to an aromatic ring is 1. The summed E-state index contributed by atoms with van der Waals surface area (Å²) < 4.78 is 5.18. The van der Waals surface area contributed by atoms with E-state index in [1.54, 1.807) is 31.3 Å². The number of hydrogen-bond acceptors (Lipinski definition) is 5. The molecule has 2 rings (SSSR count). The molecule has 0 fully saturated rings. The molecule has 1 aromatic carbocycles. The van der Waals surface area contributed by atoms with Crippen molar-refractivity contribution >= 4 is 11.6 Å². The molecule has 0 aliphatic rings. The molecule has 3 N–H and O–H groups in total. The summed E-state index contributed by atoms with van der Waals surface area (Å²) in [7, 11) is 3.35. The van der Waals surface area contributed by atoms with E-state index in [0.29, 0.717) is 17.8 Å². The van der Waals surface area contributed by atoms with Crippen LogP contribution in [-0.2, 0) is 6.54 Å². The van der Waals surface area contributed by atoms with Crippen LogP contribution in [0.1, 0.15) is 15.9 Å². The summed E-state index contributed by atoms with van der Waals surface area (Å²) in [4.78, 5) is 18.0. The van der Waals surface area contributed by atoms with Crippen molar-refractivity contribution in [2.24, 2.45) is 5.84 Å². The minimum absolute atomic E-state index is 0.154. The standard InChI is InChI=1S/C15H18N4O2/c1-19(10-11-4-3-5-12(8-11)21-2)15(20)13-9-17-7-6-14(13)18-16/h3-9H,10,16H2,1-2H3,(H,17,18). The number of rotatable bonds is 5. The predicted octanol–water partition coefficient (Wildman–Crippen LogP) is 1.65. The fourth-order valence-electron chi connectivity index (χ4n) is 2.01.